The van der Waals surface area contributed by atoms with Crippen LogP contribution in [0.5, 0.6) is 0 Å². The SMILES string of the molecule is O=C(NC1[C@H](O)CC(COS(=O)(=O)O)O[C@@H]1O)c1ccccc1. The third-order valence-electron chi connectivity index (χ3n) is 3.29. The number of amides is 1. The van der Waals surface area contributed by atoms with Gasteiger partial charge >= 0.3 is 10.4 Å². The maximum absolute atomic E-state index is 12.0. The van der Waals surface area contributed by atoms with Gasteiger partial charge < -0.3 is 20.3 Å². The first kappa shape index (κ1) is 17.8. The average Bonchev–Trinajstić information content (AvgIpc) is 2.49. The Hall–Kier alpha value is -1.56. The molecule has 1 fully saturated rings. The van der Waals surface area contributed by atoms with Gasteiger partial charge in [-0.05, 0) is 12.1 Å². The molecule has 9 nitrogen and oxygen atoms in total. The maximum Gasteiger partial charge on any atom is 0.397 e. The fraction of sp³-hybridized carbons (Fsp3) is 0.462. The van der Waals surface area contributed by atoms with Crippen molar-refractivity contribution in [3.63, 3.8) is 0 Å². The van der Waals surface area contributed by atoms with Crippen LogP contribution in [0.2, 0.25) is 0 Å². The summed E-state index contributed by atoms with van der Waals surface area (Å²) in [5.74, 6) is -0.495. The van der Waals surface area contributed by atoms with Crippen LogP contribution in [-0.4, -0.2) is 60.2 Å². The highest BCUT2D eigenvalue weighted by molar-refractivity contribution is 7.80. The summed E-state index contributed by atoms with van der Waals surface area (Å²) >= 11 is 0. The molecule has 2 unspecified atom stereocenters. The van der Waals surface area contributed by atoms with E-state index in [4.69, 9.17) is 9.29 Å². The summed E-state index contributed by atoms with van der Waals surface area (Å²) in [6.45, 7) is -0.563. The predicted molar refractivity (Wildman–Crippen MR) is 76.7 cm³/mol. The molecule has 0 spiro atoms. The van der Waals surface area contributed by atoms with E-state index < -0.39 is 47.5 Å². The summed E-state index contributed by atoms with van der Waals surface area (Å²) in [5.41, 5.74) is 0.351. The van der Waals surface area contributed by atoms with Crippen molar-refractivity contribution in [2.75, 3.05) is 6.61 Å². The van der Waals surface area contributed by atoms with Gasteiger partial charge in [0.2, 0.25) is 0 Å². The van der Waals surface area contributed by atoms with E-state index in [0.29, 0.717) is 5.56 Å². The summed E-state index contributed by atoms with van der Waals surface area (Å²) in [4.78, 5) is 12.0. The molecular formula is C13H17NO8S. The Balaban J connectivity index is 1.94. The molecule has 1 amide bonds. The molecule has 1 aromatic carbocycles. The molecule has 2 rings (SSSR count). The van der Waals surface area contributed by atoms with Crippen LogP contribution in [0.15, 0.2) is 30.3 Å². The van der Waals surface area contributed by atoms with Gasteiger partial charge in [0.15, 0.2) is 6.29 Å². The van der Waals surface area contributed by atoms with Crippen molar-refractivity contribution < 1.29 is 36.9 Å². The first-order valence-corrected chi connectivity index (χ1v) is 8.12. The Labute approximate surface area is 132 Å². The smallest absolute Gasteiger partial charge is 0.391 e. The molecule has 1 saturated heterocycles. The topological polar surface area (TPSA) is 142 Å². The molecule has 0 aromatic heterocycles. The number of hydrogen-bond acceptors (Lipinski definition) is 7. The highest BCUT2D eigenvalue weighted by Gasteiger charge is 2.38. The summed E-state index contributed by atoms with van der Waals surface area (Å²) in [7, 11) is -4.64. The zero-order valence-corrected chi connectivity index (χ0v) is 12.7. The molecule has 0 saturated carbocycles. The summed E-state index contributed by atoms with van der Waals surface area (Å²) < 4.78 is 38.7. The van der Waals surface area contributed by atoms with E-state index in [1.165, 1.54) is 0 Å². The van der Waals surface area contributed by atoms with Crippen LogP contribution >= 0.6 is 0 Å². The van der Waals surface area contributed by atoms with Crippen molar-refractivity contribution in [1.82, 2.24) is 5.32 Å². The molecule has 10 heteroatoms. The van der Waals surface area contributed by atoms with E-state index in [9.17, 15) is 23.4 Å². The minimum absolute atomic E-state index is 0.0910. The number of nitrogens with one attached hydrogen (secondary N) is 1. The normalized spacial score (nSPS) is 28.3. The quantitative estimate of drug-likeness (QED) is 0.501. The second-order valence-corrected chi connectivity index (χ2v) is 6.12. The summed E-state index contributed by atoms with van der Waals surface area (Å²) in [6.07, 6.45) is -3.78. The number of carbonyl (C=O) groups is 1. The van der Waals surface area contributed by atoms with E-state index in [-0.39, 0.29) is 6.42 Å². The van der Waals surface area contributed by atoms with E-state index >= 15 is 0 Å². The highest BCUT2D eigenvalue weighted by atomic mass is 32.3. The van der Waals surface area contributed by atoms with Crippen molar-refractivity contribution in [2.24, 2.45) is 0 Å². The van der Waals surface area contributed by atoms with Crippen molar-refractivity contribution in [2.45, 2.75) is 31.0 Å². The summed E-state index contributed by atoms with van der Waals surface area (Å²) in [6, 6.07) is 7.14. The van der Waals surface area contributed by atoms with Crippen molar-refractivity contribution in [3.05, 3.63) is 35.9 Å². The largest absolute Gasteiger partial charge is 0.397 e. The Morgan fingerprint density at radius 2 is 1.96 bits per heavy atom. The molecule has 1 aliphatic heterocycles. The lowest BCUT2D eigenvalue weighted by Crippen LogP contribution is -2.57. The van der Waals surface area contributed by atoms with Gasteiger partial charge in [-0.2, -0.15) is 8.42 Å². The maximum atomic E-state index is 12.0. The molecule has 128 valence electrons. The number of ether oxygens (including phenoxy) is 1. The molecule has 0 aliphatic carbocycles. The molecule has 4 N–H and O–H groups in total. The Kier molecular flexibility index (Phi) is 5.68. The molecule has 1 aromatic rings. The average molecular weight is 347 g/mol. The van der Waals surface area contributed by atoms with Gasteiger partial charge in [-0.3, -0.25) is 9.35 Å². The summed E-state index contributed by atoms with van der Waals surface area (Å²) in [5, 5.41) is 22.3. The van der Waals surface area contributed by atoms with Crippen LogP contribution in [-0.2, 0) is 19.3 Å². The standard InChI is InChI=1S/C13H17NO8S/c15-10-6-9(7-21-23(18,19)20)22-13(17)11(10)14-12(16)8-4-2-1-3-5-8/h1-5,9-11,13,15,17H,6-7H2,(H,14,16)(H,18,19,20)/t9?,10-,11?,13+/m1/s1. The van der Waals surface area contributed by atoms with Crippen LogP contribution in [0.4, 0.5) is 0 Å². The van der Waals surface area contributed by atoms with Crippen molar-refractivity contribution >= 4 is 16.3 Å². The first-order valence-electron chi connectivity index (χ1n) is 6.75. The van der Waals surface area contributed by atoms with E-state index in [1.807, 2.05) is 0 Å². The van der Waals surface area contributed by atoms with Crippen LogP contribution in [0.25, 0.3) is 0 Å². The number of benzene rings is 1. The van der Waals surface area contributed by atoms with Crippen LogP contribution in [0, 0.1) is 0 Å². The number of aliphatic hydroxyl groups excluding tert-OH is 2. The van der Waals surface area contributed by atoms with Gasteiger partial charge in [-0.15, -0.1) is 0 Å². The minimum Gasteiger partial charge on any atom is -0.391 e. The minimum atomic E-state index is -4.64. The Morgan fingerprint density at radius 3 is 2.52 bits per heavy atom. The lowest BCUT2D eigenvalue weighted by Gasteiger charge is -2.37. The molecule has 0 bridgehead atoms. The number of rotatable bonds is 5. The Morgan fingerprint density at radius 1 is 1.30 bits per heavy atom. The third-order valence-corrected chi connectivity index (χ3v) is 3.73. The number of aliphatic hydroxyl groups is 2. The van der Waals surface area contributed by atoms with Gasteiger partial charge in [0.1, 0.15) is 6.04 Å². The van der Waals surface area contributed by atoms with Gasteiger partial charge in [0.05, 0.1) is 18.8 Å². The molecule has 1 heterocycles. The van der Waals surface area contributed by atoms with Crippen LogP contribution in [0.3, 0.4) is 0 Å². The molecule has 4 atom stereocenters. The predicted octanol–water partition coefficient (Wildman–Crippen LogP) is -0.927. The zero-order chi connectivity index (χ0) is 17.0. The van der Waals surface area contributed by atoms with Crippen molar-refractivity contribution in [1.29, 1.82) is 0 Å². The first-order chi connectivity index (χ1) is 10.8. The van der Waals surface area contributed by atoms with Gasteiger partial charge in [0, 0.05) is 12.0 Å². The molecule has 1 aliphatic rings. The van der Waals surface area contributed by atoms with E-state index in [0.717, 1.165) is 0 Å². The molecule has 23 heavy (non-hydrogen) atoms. The van der Waals surface area contributed by atoms with E-state index in [1.54, 1.807) is 30.3 Å². The number of hydrogen-bond donors (Lipinski definition) is 4. The van der Waals surface area contributed by atoms with Crippen LogP contribution < -0.4 is 5.32 Å². The second-order valence-electron chi connectivity index (χ2n) is 5.03. The van der Waals surface area contributed by atoms with Gasteiger partial charge in [0.25, 0.3) is 5.91 Å². The van der Waals surface area contributed by atoms with Crippen molar-refractivity contribution in [3.8, 4) is 0 Å². The van der Waals surface area contributed by atoms with Crippen LogP contribution in [0.1, 0.15) is 16.8 Å². The fourth-order valence-electron chi connectivity index (χ4n) is 2.20. The molecule has 0 radical (unpaired) electrons. The van der Waals surface area contributed by atoms with Gasteiger partial charge in [-0.1, -0.05) is 18.2 Å². The lowest BCUT2D eigenvalue weighted by molar-refractivity contribution is -0.210. The lowest BCUT2D eigenvalue weighted by atomic mass is 10.00. The zero-order valence-electron chi connectivity index (χ0n) is 11.9. The molecular weight excluding hydrogens is 330 g/mol. The highest BCUT2D eigenvalue weighted by Crippen LogP contribution is 2.20. The van der Waals surface area contributed by atoms with Gasteiger partial charge in [-0.25, -0.2) is 4.18 Å². The third kappa shape index (κ3) is 5.23. The monoisotopic (exact) mass is 347 g/mol. The second kappa shape index (κ2) is 7.34. The fourth-order valence-corrected chi connectivity index (χ4v) is 2.53. The van der Waals surface area contributed by atoms with E-state index in [2.05, 4.69) is 9.50 Å². The Bertz CT molecular complexity index is 623. The number of carbonyl (C=O) groups excluding carboxylic acids is 1.